The first-order valence-electron chi connectivity index (χ1n) is 8.99. The first-order chi connectivity index (χ1) is 13.6. The summed E-state index contributed by atoms with van der Waals surface area (Å²) >= 11 is 3.47. The van der Waals surface area contributed by atoms with E-state index in [1.165, 1.54) is 11.1 Å². The number of benzene rings is 3. The van der Waals surface area contributed by atoms with Gasteiger partial charge in [0.2, 0.25) is 0 Å². The Kier molecular flexibility index (Phi) is 5.17. The third-order valence-corrected chi connectivity index (χ3v) is 4.86. The average Bonchev–Trinajstić information content (AvgIpc) is 3.08. The van der Waals surface area contributed by atoms with Gasteiger partial charge in [0.05, 0.1) is 5.69 Å². The van der Waals surface area contributed by atoms with Gasteiger partial charge >= 0.3 is 0 Å². The highest BCUT2D eigenvalue weighted by atomic mass is 79.9. The summed E-state index contributed by atoms with van der Waals surface area (Å²) in [5.74, 6) is 1.86. The molecule has 3 aromatic rings. The lowest BCUT2D eigenvalue weighted by molar-refractivity contribution is 1.42. The highest BCUT2D eigenvalue weighted by Crippen LogP contribution is 2.19. The van der Waals surface area contributed by atoms with E-state index in [9.17, 15) is 0 Å². The molecule has 0 aliphatic carbocycles. The van der Waals surface area contributed by atoms with E-state index in [0.29, 0.717) is 17.5 Å². The van der Waals surface area contributed by atoms with Crippen LogP contribution in [0.25, 0.3) is 0 Å². The van der Waals surface area contributed by atoms with Crippen LogP contribution in [0.1, 0.15) is 16.7 Å². The predicted octanol–water partition coefficient (Wildman–Crippen LogP) is 6.07. The van der Waals surface area contributed by atoms with Crippen molar-refractivity contribution in [3.8, 4) is 0 Å². The summed E-state index contributed by atoms with van der Waals surface area (Å²) < 4.78 is 1.02. The Balaban J connectivity index is 1.71. The number of rotatable bonds is 3. The van der Waals surface area contributed by atoms with Crippen molar-refractivity contribution >= 4 is 44.8 Å². The molecule has 138 valence electrons. The van der Waals surface area contributed by atoms with Gasteiger partial charge in [-0.25, -0.2) is 15.0 Å². The summed E-state index contributed by atoms with van der Waals surface area (Å²) in [5, 5.41) is 3.36. The van der Waals surface area contributed by atoms with Crippen molar-refractivity contribution < 1.29 is 0 Å². The Labute approximate surface area is 172 Å². The van der Waals surface area contributed by atoms with Gasteiger partial charge in [-0.05, 0) is 50.2 Å². The fraction of sp³-hybridized carbons (Fsp3) is 0.0870. The number of aryl methyl sites for hydroxylation is 2. The van der Waals surface area contributed by atoms with Crippen LogP contribution in [0.3, 0.4) is 0 Å². The highest BCUT2D eigenvalue weighted by molar-refractivity contribution is 9.10. The third-order valence-electron chi connectivity index (χ3n) is 4.33. The number of aliphatic imine (C=N–C) groups is 3. The first kappa shape index (κ1) is 18.3. The number of amidine groups is 3. The third kappa shape index (κ3) is 4.26. The molecule has 1 aliphatic heterocycles. The predicted molar refractivity (Wildman–Crippen MR) is 121 cm³/mol. The van der Waals surface area contributed by atoms with Crippen LogP contribution in [-0.2, 0) is 0 Å². The molecular weight excluding hydrogens is 412 g/mol. The van der Waals surface area contributed by atoms with Crippen LogP contribution >= 0.6 is 15.9 Å². The van der Waals surface area contributed by atoms with Crippen LogP contribution in [0.4, 0.5) is 11.4 Å². The summed E-state index contributed by atoms with van der Waals surface area (Å²) in [5.41, 5.74) is 5.15. The molecule has 5 heteroatoms. The Morgan fingerprint density at radius 3 is 2.00 bits per heavy atom. The number of nitrogens with zero attached hydrogens (tertiary/aromatic N) is 3. The molecule has 0 spiro atoms. The molecule has 0 saturated heterocycles. The SMILES string of the molecule is Cc1ccc(N=C2N=C(c3ccc(Br)cc3)N=C2Nc2ccc(C)cc2)cc1. The van der Waals surface area contributed by atoms with Crippen LogP contribution in [-0.4, -0.2) is 17.5 Å². The minimum atomic E-state index is 0.572. The lowest BCUT2D eigenvalue weighted by Gasteiger charge is -2.06. The number of nitrogens with one attached hydrogen (secondary N) is 1. The molecule has 4 rings (SSSR count). The zero-order valence-electron chi connectivity index (χ0n) is 15.6. The Hall–Kier alpha value is -3.05. The number of halogens is 1. The molecular formula is C23H19BrN4. The molecule has 0 radical (unpaired) electrons. The van der Waals surface area contributed by atoms with E-state index in [2.05, 4.69) is 52.2 Å². The summed E-state index contributed by atoms with van der Waals surface area (Å²) in [6.07, 6.45) is 0. The Morgan fingerprint density at radius 1 is 0.750 bits per heavy atom. The molecule has 1 aliphatic rings. The van der Waals surface area contributed by atoms with Crippen LogP contribution in [0.5, 0.6) is 0 Å². The second-order valence-electron chi connectivity index (χ2n) is 6.66. The molecule has 0 saturated carbocycles. The van der Waals surface area contributed by atoms with Crippen molar-refractivity contribution in [2.45, 2.75) is 13.8 Å². The van der Waals surface area contributed by atoms with E-state index in [0.717, 1.165) is 21.4 Å². The van der Waals surface area contributed by atoms with Gasteiger partial charge in [0.15, 0.2) is 17.5 Å². The Morgan fingerprint density at radius 2 is 1.36 bits per heavy atom. The molecule has 0 amide bonds. The molecule has 28 heavy (non-hydrogen) atoms. The van der Waals surface area contributed by atoms with E-state index < -0.39 is 0 Å². The maximum Gasteiger partial charge on any atom is 0.198 e. The van der Waals surface area contributed by atoms with Gasteiger partial charge in [-0.1, -0.05) is 63.5 Å². The average molecular weight is 431 g/mol. The minimum absolute atomic E-state index is 0.572. The molecule has 0 unspecified atom stereocenters. The lowest BCUT2D eigenvalue weighted by atomic mass is 10.2. The van der Waals surface area contributed by atoms with Crippen LogP contribution < -0.4 is 5.32 Å². The van der Waals surface area contributed by atoms with Crippen molar-refractivity contribution in [1.29, 1.82) is 0 Å². The second-order valence-corrected chi connectivity index (χ2v) is 7.58. The molecule has 0 bridgehead atoms. The zero-order valence-corrected chi connectivity index (χ0v) is 17.2. The summed E-state index contributed by atoms with van der Waals surface area (Å²) in [7, 11) is 0. The van der Waals surface area contributed by atoms with Crippen molar-refractivity contribution in [2.75, 3.05) is 5.32 Å². The topological polar surface area (TPSA) is 49.1 Å². The molecule has 1 heterocycles. The molecule has 0 atom stereocenters. The molecule has 0 aromatic heterocycles. The monoisotopic (exact) mass is 430 g/mol. The van der Waals surface area contributed by atoms with E-state index >= 15 is 0 Å². The largest absolute Gasteiger partial charge is 0.337 e. The van der Waals surface area contributed by atoms with E-state index in [4.69, 9.17) is 9.98 Å². The van der Waals surface area contributed by atoms with E-state index in [-0.39, 0.29) is 0 Å². The maximum absolute atomic E-state index is 4.71. The standard InChI is InChI=1S/C23H19BrN4/c1-15-3-11-19(12-4-15)25-22-23(26-20-13-5-16(2)6-14-20)28-21(27-22)17-7-9-18(24)10-8-17/h3-14H,1-2H3,(H,25,26,27,28). The van der Waals surface area contributed by atoms with Gasteiger partial charge in [0.1, 0.15) is 0 Å². The van der Waals surface area contributed by atoms with Crippen molar-refractivity contribution in [3.63, 3.8) is 0 Å². The molecule has 0 fully saturated rings. The summed E-state index contributed by atoms with van der Waals surface area (Å²) in [6.45, 7) is 4.12. The zero-order chi connectivity index (χ0) is 19.5. The fourth-order valence-corrected chi connectivity index (χ4v) is 3.00. The van der Waals surface area contributed by atoms with Crippen molar-refractivity contribution in [3.05, 3.63) is 94.0 Å². The van der Waals surface area contributed by atoms with Gasteiger partial charge in [0.25, 0.3) is 0 Å². The smallest absolute Gasteiger partial charge is 0.198 e. The van der Waals surface area contributed by atoms with Gasteiger partial charge < -0.3 is 5.32 Å². The number of hydrogen-bond donors (Lipinski definition) is 1. The van der Waals surface area contributed by atoms with Crippen molar-refractivity contribution in [1.82, 2.24) is 0 Å². The quantitative estimate of drug-likeness (QED) is 0.538. The number of hydrogen-bond acceptors (Lipinski definition) is 3. The molecule has 3 aromatic carbocycles. The first-order valence-corrected chi connectivity index (χ1v) is 9.79. The maximum atomic E-state index is 4.71. The van der Waals surface area contributed by atoms with Gasteiger partial charge in [-0.15, -0.1) is 0 Å². The van der Waals surface area contributed by atoms with Crippen molar-refractivity contribution in [2.24, 2.45) is 15.0 Å². The summed E-state index contributed by atoms with van der Waals surface area (Å²) in [6, 6.07) is 24.2. The Bertz CT molecular complexity index is 1080. The number of anilines is 1. The molecule has 4 nitrogen and oxygen atoms in total. The van der Waals surface area contributed by atoms with Gasteiger partial charge in [-0.3, -0.25) is 0 Å². The summed E-state index contributed by atoms with van der Waals surface area (Å²) in [4.78, 5) is 14.1. The molecule has 1 N–H and O–H groups in total. The van der Waals surface area contributed by atoms with Gasteiger partial charge in [0, 0.05) is 15.7 Å². The highest BCUT2D eigenvalue weighted by Gasteiger charge is 2.20. The van der Waals surface area contributed by atoms with Crippen LogP contribution in [0, 0.1) is 13.8 Å². The van der Waals surface area contributed by atoms with Gasteiger partial charge in [-0.2, -0.15) is 0 Å². The lowest BCUT2D eigenvalue weighted by Crippen LogP contribution is -2.18. The fourth-order valence-electron chi connectivity index (χ4n) is 2.74. The van der Waals surface area contributed by atoms with E-state index in [1.807, 2.05) is 60.7 Å². The van der Waals surface area contributed by atoms with Crippen LogP contribution in [0.15, 0.2) is 92.2 Å². The minimum Gasteiger partial charge on any atom is -0.337 e. The normalized spacial score (nSPS) is 14.8. The van der Waals surface area contributed by atoms with Crippen LogP contribution in [0.2, 0.25) is 0 Å². The second kappa shape index (κ2) is 7.90. The van der Waals surface area contributed by atoms with E-state index in [1.54, 1.807) is 0 Å².